The molecule has 0 unspecified atom stereocenters. The third-order valence-corrected chi connectivity index (χ3v) is 5.32. The molecule has 3 aromatic rings. The van der Waals surface area contributed by atoms with Gasteiger partial charge in [-0.05, 0) is 61.9 Å². The molecule has 2 N–H and O–H groups in total. The van der Waals surface area contributed by atoms with E-state index in [-0.39, 0.29) is 16.3 Å². The van der Waals surface area contributed by atoms with Gasteiger partial charge in [0, 0.05) is 25.0 Å². The van der Waals surface area contributed by atoms with Crippen LogP contribution in [0.1, 0.15) is 35.5 Å². The molecule has 34 heavy (non-hydrogen) atoms. The maximum absolute atomic E-state index is 12.9. The van der Waals surface area contributed by atoms with E-state index in [1.807, 2.05) is 30.3 Å². The average Bonchev–Trinajstić information content (AvgIpc) is 2.86. The number of nitrogens with zero attached hydrogens (tertiary/aromatic N) is 3. The normalized spacial score (nSPS) is 11.3. The molecule has 0 radical (unpaired) electrons. The fourth-order valence-corrected chi connectivity index (χ4v) is 3.42. The first-order valence-corrected chi connectivity index (χ1v) is 11.3. The summed E-state index contributed by atoms with van der Waals surface area (Å²) in [6.07, 6.45) is 4.64. The number of halogens is 1. The molecule has 0 fully saturated rings. The van der Waals surface area contributed by atoms with Gasteiger partial charge in [0.2, 0.25) is 0 Å². The second-order valence-corrected chi connectivity index (χ2v) is 7.62. The molecule has 0 aliphatic heterocycles. The Morgan fingerprint density at radius 1 is 1.00 bits per heavy atom. The zero-order chi connectivity index (χ0) is 24.3. The van der Waals surface area contributed by atoms with Gasteiger partial charge in [-0.2, -0.15) is 5.10 Å². The Bertz CT molecular complexity index is 1170. The third-order valence-electron chi connectivity index (χ3n) is 4.99. The lowest BCUT2D eigenvalue weighted by Crippen LogP contribution is -2.33. The van der Waals surface area contributed by atoms with Crippen molar-refractivity contribution in [3.8, 4) is 0 Å². The van der Waals surface area contributed by atoms with Crippen LogP contribution in [0.2, 0.25) is 5.02 Å². The van der Waals surface area contributed by atoms with Crippen LogP contribution < -0.4 is 15.6 Å². The van der Waals surface area contributed by atoms with Crippen molar-refractivity contribution in [2.75, 3.05) is 18.0 Å². The molecule has 0 aliphatic rings. The van der Waals surface area contributed by atoms with E-state index < -0.39 is 11.8 Å². The van der Waals surface area contributed by atoms with Crippen LogP contribution in [0.3, 0.4) is 0 Å². The van der Waals surface area contributed by atoms with Gasteiger partial charge in [-0.3, -0.25) is 14.6 Å². The smallest absolute Gasteiger partial charge is 0.287 e. The minimum atomic E-state index is -0.583. The lowest BCUT2D eigenvalue weighted by molar-refractivity contribution is -0.117. The van der Waals surface area contributed by atoms with E-state index in [4.69, 9.17) is 11.6 Å². The third kappa shape index (κ3) is 6.76. The highest BCUT2D eigenvalue weighted by molar-refractivity contribution is 6.34. The van der Waals surface area contributed by atoms with E-state index in [1.54, 1.807) is 48.7 Å². The lowest BCUT2D eigenvalue weighted by atomic mass is 10.1. The van der Waals surface area contributed by atoms with Gasteiger partial charge in [0.05, 0.1) is 22.5 Å². The molecule has 3 rings (SSSR count). The molecular formula is C26H26ClN5O2. The number of hydrogen-bond donors (Lipinski definition) is 2. The first-order valence-electron chi connectivity index (χ1n) is 10.9. The lowest BCUT2D eigenvalue weighted by Gasteiger charge is -2.21. The number of nitrogens with one attached hydrogen (secondary N) is 2. The SMILES string of the molecule is CCN(CC)c1ccc(C=C(NC(=O)c2ccccc2Cl)C(=O)NN=Cc2ccccn2)cc1. The maximum atomic E-state index is 12.9. The van der Waals surface area contributed by atoms with Crippen molar-refractivity contribution in [1.29, 1.82) is 0 Å². The van der Waals surface area contributed by atoms with Crippen molar-refractivity contribution < 1.29 is 9.59 Å². The number of carbonyl (C=O) groups is 2. The van der Waals surface area contributed by atoms with Gasteiger partial charge in [0.1, 0.15) is 5.70 Å². The van der Waals surface area contributed by atoms with E-state index >= 15 is 0 Å². The molecule has 174 valence electrons. The summed E-state index contributed by atoms with van der Waals surface area (Å²) in [5.41, 5.74) is 5.13. The number of carbonyl (C=O) groups excluding carboxylic acids is 2. The van der Waals surface area contributed by atoms with Crippen LogP contribution in [-0.2, 0) is 4.79 Å². The summed E-state index contributed by atoms with van der Waals surface area (Å²) in [5.74, 6) is -1.08. The predicted octanol–water partition coefficient (Wildman–Crippen LogP) is 4.50. The number of aromatic nitrogens is 1. The van der Waals surface area contributed by atoms with E-state index in [9.17, 15) is 9.59 Å². The number of hydrazone groups is 1. The number of anilines is 1. The summed E-state index contributed by atoms with van der Waals surface area (Å²) >= 11 is 6.15. The highest BCUT2D eigenvalue weighted by Crippen LogP contribution is 2.18. The Hall–Kier alpha value is -3.97. The summed E-state index contributed by atoms with van der Waals surface area (Å²) in [4.78, 5) is 32.0. The zero-order valence-corrected chi connectivity index (χ0v) is 19.8. The Morgan fingerprint density at radius 2 is 1.71 bits per heavy atom. The molecule has 1 heterocycles. The highest BCUT2D eigenvalue weighted by atomic mass is 35.5. The Kier molecular flexibility index (Phi) is 8.94. The van der Waals surface area contributed by atoms with Crippen molar-refractivity contribution >= 4 is 41.4 Å². The van der Waals surface area contributed by atoms with Crippen LogP contribution in [0, 0.1) is 0 Å². The molecule has 0 saturated carbocycles. The standard InChI is InChI=1S/C26H26ClN5O2/c1-3-32(4-2)21-14-12-19(13-15-21)17-24(30-25(33)22-10-5-6-11-23(22)27)26(34)31-29-18-20-9-7-8-16-28-20/h5-18H,3-4H2,1-2H3,(H,30,33)(H,31,34). The van der Waals surface area contributed by atoms with E-state index in [1.165, 1.54) is 6.21 Å². The fourth-order valence-electron chi connectivity index (χ4n) is 3.20. The van der Waals surface area contributed by atoms with Gasteiger partial charge in [-0.25, -0.2) is 5.43 Å². The molecule has 0 aliphatic carbocycles. The van der Waals surface area contributed by atoms with Crippen molar-refractivity contribution in [3.05, 3.63) is 100 Å². The number of pyridine rings is 1. The maximum Gasteiger partial charge on any atom is 0.287 e. The molecule has 0 saturated heterocycles. The first kappa shape index (κ1) is 24.7. The Morgan fingerprint density at radius 3 is 2.35 bits per heavy atom. The Labute approximate surface area is 204 Å². The van der Waals surface area contributed by atoms with Crippen LogP contribution in [0.5, 0.6) is 0 Å². The largest absolute Gasteiger partial charge is 0.372 e. The molecule has 8 heteroatoms. The molecule has 1 aromatic heterocycles. The van der Waals surface area contributed by atoms with Gasteiger partial charge in [0.15, 0.2) is 0 Å². The fraction of sp³-hybridized carbons (Fsp3) is 0.154. The molecule has 0 spiro atoms. The number of hydrogen-bond acceptors (Lipinski definition) is 5. The quantitative estimate of drug-likeness (QED) is 0.271. The zero-order valence-electron chi connectivity index (χ0n) is 19.0. The van der Waals surface area contributed by atoms with E-state index in [0.717, 1.165) is 24.3 Å². The Balaban J connectivity index is 1.84. The van der Waals surface area contributed by atoms with Gasteiger partial charge >= 0.3 is 0 Å². The molecule has 2 aromatic carbocycles. The van der Waals surface area contributed by atoms with Crippen molar-refractivity contribution in [2.45, 2.75) is 13.8 Å². The van der Waals surface area contributed by atoms with Crippen LogP contribution >= 0.6 is 11.6 Å². The highest BCUT2D eigenvalue weighted by Gasteiger charge is 2.16. The minimum absolute atomic E-state index is 0.0266. The first-order chi connectivity index (χ1) is 16.5. The van der Waals surface area contributed by atoms with Crippen molar-refractivity contribution in [3.63, 3.8) is 0 Å². The van der Waals surface area contributed by atoms with Gasteiger partial charge in [0.25, 0.3) is 11.8 Å². The molecule has 2 amide bonds. The van der Waals surface area contributed by atoms with Crippen molar-refractivity contribution in [1.82, 2.24) is 15.7 Å². The summed E-state index contributed by atoms with van der Waals surface area (Å²) in [7, 11) is 0. The summed E-state index contributed by atoms with van der Waals surface area (Å²) in [6.45, 7) is 5.97. The number of rotatable bonds is 9. The van der Waals surface area contributed by atoms with Crippen LogP contribution in [0.25, 0.3) is 6.08 Å². The topological polar surface area (TPSA) is 86.7 Å². The van der Waals surface area contributed by atoms with E-state index in [2.05, 4.69) is 39.6 Å². The predicted molar refractivity (Wildman–Crippen MR) is 137 cm³/mol. The molecule has 7 nitrogen and oxygen atoms in total. The molecular weight excluding hydrogens is 450 g/mol. The minimum Gasteiger partial charge on any atom is -0.372 e. The summed E-state index contributed by atoms with van der Waals surface area (Å²) in [5, 5.41) is 6.89. The molecule has 0 bridgehead atoms. The second-order valence-electron chi connectivity index (χ2n) is 7.21. The second kappa shape index (κ2) is 12.3. The summed E-state index contributed by atoms with van der Waals surface area (Å²) in [6, 6.07) is 19.7. The van der Waals surface area contributed by atoms with Gasteiger partial charge in [-0.15, -0.1) is 0 Å². The van der Waals surface area contributed by atoms with Gasteiger partial charge in [-0.1, -0.05) is 41.9 Å². The van der Waals surface area contributed by atoms with Crippen LogP contribution in [0.15, 0.2) is 83.7 Å². The van der Waals surface area contributed by atoms with Crippen molar-refractivity contribution in [2.24, 2.45) is 5.10 Å². The van der Waals surface area contributed by atoms with E-state index in [0.29, 0.717) is 5.69 Å². The molecule has 0 atom stereocenters. The van der Waals surface area contributed by atoms with Crippen LogP contribution in [-0.4, -0.2) is 36.1 Å². The monoisotopic (exact) mass is 475 g/mol. The summed E-state index contributed by atoms with van der Waals surface area (Å²) < 4.78 is 0. The number of benzene rings is 2. The average molecular weight is 476 g/mol. The number of amides is 2. The van der Waals surface area contributed by atoms with Crippen LogP contribution in [0.4, 0.5) is 5.69 Å². The van der Waals surface area contributed by atoms with Gasteiger partial charge < -0.3 is 10.2 Å².